The van der Waals surface area contributed by atoms with Gasteiger partial charge in [0.05, 0.1) is 5.56 Å². The fourth-order valence-electron chi connectivity index (χ4n) is 5.98. The Morgan fingerprint density at radius 2 is 1.33 bits per heavy atom. The summed E-state index contributed by atoms with van der Waals surface area (Å²) in [6, 6.07) is 11.8. The van der Waals surface area contributed by atoms with Crippen molar-refractivity contribution < 1.29 is 19.7 Å². The molecule has 0 aliphatic carbocycles. The molecule has 0 radical (unpaired) electrons. The molecule has 3 aromatic rings. The molecule has 3 N–H and O–H groups in total. The van der Waals surface area contributed by atoms with E-state index in [1.165, 1.54) is 81.6 Å². The maximum absolute atomic E-state index is 13.4. The first kappa shape index (κ1) is 32.9. The molecule has 8 heteroatoms. The van der Waals surface area contributed by atoms with Crippen molar-refractivity contribution in [1.29, 1.82) is 0 Å². The molecule has 1 atom stereocenters. The topological polar surface area (TPSA) is 87.5 Å². The average Bonchev–Trinajstić information content (AvgIpc) is 2.98. The second-order valence-corrected chi connectivity index (χ2v) is 12.5. The molecule has 0 amide bonds. The lowest BCUT2D eigenvalue weighted by molar-refractivity contribution is 0.0892. The van der Waals surface area contributed by atoms with E-state index in [2.05, 4.69) is 11.9 Å². The monoisotopic (exact) mass is 622 g/mol. The number of hydrogen-bond acceptors (Lipinski definition) is 6. The zero-order valence-electron chi connectivity index (χ0n) is 25.4. The Labute approximate surface area is 266 Å². The minimum atomic E-state index is -0.371. The van der Waals surface area contributed by atoms with Crippen molar-refractivity contribution in [2.75, 3.05) is 0 Å². The molecule has 43 heavy (non-hydrogen) atoms. The van der Waals surface area contributed by atoms with Crippen LogP contribution in [0, 0.1) is 9.41 Å². The molecule has 0 bridgehead atoms. The van der Waals surface area contributed by atoms with Crippen LogP contribution < -0.4 is 4.74 Å². The van der Waals surface area contributed by atoms with Crippen LogP contribution in [0.15, 0.2) is 42.5 Å². The first-order valence-electron chi connectivity index (χ1n) is 16.1. The summed E-state index contributed by atoms with van der Waals surface area (Å²) < 4.78 is 8.04. The van der Waals surface area contributed by atoms with Crippen molar-refractivity contribution >= 4 is 30.3 Å². The van der Waals surface area contributed by atoms with Crippen LogP contribution in [0.4, 0.5) is 0 Å². The number of phenolic OH excluding ortho intramolecular Hbond substituents is 2. The lowest BCUT2D eigenvalue weighted by Gasteiger charge is -2.29. The van der Waals surface area contributed by atoms with Gasteiger partial charge in [-0.25, -0.2) is 4.57 Å². The molecule has 0 saturated carbocycles. The van der Waals surface area contributed by atoms with Gasteiger partial charge in [-0.2, -0.15) is 0 Å². The number of carbonyl (C=O) groups is 1. The molecule has 1 aromatic heterocycles. The van der Waals surface area contributed by atoms with Gasteiger partial charge in [0.15, 0.2) is 4.77 Å². The Balaban J connectivity index is 1.30. The molecule has 4 rings (SSSR count). The van der Waals surface area contributed by atoms with E-state index < -0.39 is 0 Å². The Hall–Kier alpha value is -2.97. The molecule has 0 saturated heterocycles. The fourth-order valence-corrected chi connectivity index (χ4v) is 6.73. The van der Waals surface area contributed by atoms with E-state index in [1.54, 1.807) is 30.3 Å². The average molecular weight is 623 g/mol. The van der Waals surface area contributed by atoms with Gasteiger partial charge in [0, 0.05) is 24.0 Å². The highest BCUT2D eigenvalue weighted by molar-refractivity contribution is 7.72. The number of aromatic nitrogens is 2. The molecular formula is C35H46N2O4S2. The van der Waals surface area contributed by atoms with Crippen LogP contribution in [-0.2, 0) is 0 Å². The normalized spacial score (nSPS) is 13.7. The second-order valence-electron chi connectivity index (χ2n) is 11.8. The first-order chi connectivity index (χ1) is 20.9. The van der Waals surface area contributed by atoms with E-state index in [-0.39, 0.29) is 28.1 Å². The Bertz CT molecular complexity index is 1460. The van der Waals surface area contributed by atoms with Crippen molar-refractivity contribution in [1.82, 2.24) is 9.55 Å². The van der Waals surface area contributed by atoms with Gasteiger partial charge in [-0.1, -0.05) is 127 Å². The van der Waals surface area contributed by atoms with Crippen LogP contribution in [-0.4, -0.2) is 25.7 Å². The molecule has 2 aromatic carbocycles. The molecule has 1 aliphatic rings. The number of carbonyl (C=O) groups excluding carboxylic acids is 1. The molecule has 2 heterocycles. The van der Waals surface area contributed by atoms with E-state index in [4.69, 9.17) is 29.2 Å². The minimum absolute atomic E-state index is 0.0773. The number of unbranched alkanes of at least 4 members (excludes halogenated alkanes) is 14. The number of hydrogen-bond donors (Lipinski definition) is 3. The first-order valence-corrected chi connectivity index (χ1v) is 16.9. The summed E-state index contributed by atoms with van der Waals surface area (Å²) >= 11 is 11.5. The van der Waals surface area contributed by atoms with Gasteiger partial charge in [-0.05, 0) is 42.4 Å². The summed E-state index contributed by atoms with van der Waals surface area (Å²) in [7, 11) is 0. The summed E-state index contributed by atoms with van der Waals surface area (Å²) in [4.78, 5) is 16.5. The van der Waals surface area contributed by atoms with E-state index in [9.17, 15) is 15.0 Å². The summed E-state index contributed by atoms with van der Waals surface area (Å²) in [5.74, 6) is 0.582. The standard InChI is InChI=1S/C35H46N2O4S2/c1-2-3-4-5-6-7-8-9-10-11-12-13-14-15-16-17-30(40)37-34(42)32-31(25-18-20-26(38)21-19-25)28-23-22-27(39)24-29(28)41-33(32)36-35(37)43/h18-24,31,38-39H,2-17H2,1H3,(H,36,43). The van der Waals surface area contributed by atoms with Crippen LogP contribution in [0.3, 0.4) is 0 Å². The summed E-state index contributed by atoms with van der Waals surface area (Å²) in [5, 5.41) is 19.9. The van der Waals surface area contributed by atoms with Crippen LogP contribution in [0.2, 0.25) is 0 Å². The van der Waals surface area contributed by atoms with Gasteiger partial charge in [-0.15, -0.1) is 0 Å². The van der Waals surface area contributed by atoms with Crippen LogP contribution in [0.25, 0.3) is 0 Å². The number of phenols is 2. The van der Waals surface area contributed by atoms with E-state index in [0.717, 1.165) is 30.4 Å². The molecule has 0 fully saturated rings. The van der Waals surface area contributed by atoms with Gasteiger partial charge >= 0.3 is 0 Å². The zero-order valence-corrected chi connectivity index (χ0v) is 27.0. The third-order valence-corrected chi connectivity index (χ3v) is 9.07. The van der Waals surface area contributed by atoms with Crippen molar-refractivity contribution in [3.63, 3.8) is 0 Å². The summed E-state index contributed by atoms with van der Waals surface area (Å²) in [6.45, 7) is 2.27. The number of benzene rings is 2. The second kappa shape index (κ2) is 16.8. The number of rotatable bonds is 17. The largest absolute Gasteiger partial charge is 0.508 e. The van der Waals surface area contributed by atoms with Crippen molar-refractivity contribution in [2.24, 2.45) is 0 Å². The van der Waals surface area contributed by atoms with Crippen molar-refractivity contribution in [2.45, 2.75) is 116 Å². The third-order valence-electron chi connectivity index (χ3n) is 8.38. The smallest absolute Gasteiger partial charge is 0.234 e. The van der Waals surface area contributed by atoms with Gasteiger partial charge < -0.3 is 19.9 Å². The van der Waals surface area contributed by atoms with Crippen molar-refractivity contribution in [3.8, 4) is 23.1 Å². The van der Waals surface area contributed by atoms with Crippen LogP contribution >= 0.6 is 24.4 Å². The van der Waals surface area contributed by atoms with E-state index >= 15 is 0 Å². The minimum Gasteiger partial charge on any atom is -0.508 e. The number of nitrogens with zero attached hydrogens (tertiary/aromatic N) is 1. The molecule has 232 valence electrons. The predicted molar refractivity (Wildman–Crippen MR) is 178 cm³/mol. The van der Waals surface area contributed by atoms with Gasteiger partial charge in [0.25, 0.3) is 0 Å². The number of aromatic amines is 1. The van der Waals surface area contributed by atoms with Gasteiger partial charge in [0.1, 0.15) is 21.9 Å². The fraction of sp³-hybridized carbons (Fsp3) is 0.514. The SMILES string of the molecule is CCCCCCCCCCCCCCCCCC(=O)n1c(=S)[nH]c2c(c1=S)C(c1ccc(O)cc1)c1ccc(O)cc1O2. The Kier molecular flexibility index (Phi) is 12.8. The highest BCUT2D eigenvalue weighted by Gasteiger charge is 2.32. The van der Waals surface area contributed by atoms with E-state index in [1.807, 2.05) is 12.1 Å². The van der Waals surface area contributed by atoms with E-state index in [0.29, 0.717) is 28.3 Å². The van der Waals surface area contributed by atoms with Gasteiger partial charge in [-0.3, -0.25) is 4.79 Å². The predicted octanol–water partition coefficient (Wildman–Crippen LogP) is 10.9. The molecule has 6 nitrogen and oxygen atoms in total. The Morgan fingerprint density at radius 1 is 0.791 bits per heavy atom. The maximum atomic E-state index is 13.4. The van der Waals surface area contributed by atoms with Crippen molar-refractivity contribution in [3.05, 3.63) is 68.6 Å². The van der Waals surface area contributed by atoms with Crippen LogP contribution in [0.1, 0.15) is 137 Å². The number of nitrogens with one attached hydrogen (secondary N) is 1. The molecular weight excluding hydrogens is 577 g/mol. The lowest BCUT2D eigenvalue weighted by atomic mass is 9.84. The number of ether oxygens (including phenoxy) is 1. The molecule has 1 unspecified atom stereocenters. The van der Waals surface area contributed by atoms with Gasteiger partial charge in [0.2, 0.25) is 11.8 Å². The summed E-state index contributed by atoms with van der Waals surface area (Å²) in [6.07, 6.45) is 19.4. The number of aromatic hydroxyl groups is 2. The quantitative estimate of drug-likeness (QED) is 0.0802. The number of H-pyrrole nitrogens is 1. The highest BCUT2D eigenvalue weighted by Crippen LogP contribution is 2.48. The molecule has 1 aliphatic heterocycles. The third kappa shape index (κ3) is 9.02. The summed E-state index contributed by atoms with van der Waals surface area (Å²) in [5.41, 5.74) is 2.30. The molecule has 0 spiro atoms. The zero-order chi connectivity index (χ0) is 30.6. The van der Waals surface area contributed by atoms with Crippen LogP contribution in [0.5, 0.6) is 23.1 Å². The number of fused-ring (bicyclic) bond motifs is 2. The highest BCUT2D eigenvalue weighted by atomic mass is 32.1. The Morgan fingerprint density at radius 3 is 1.91 bits per heavy atom. The lowest BCUT2D eigenvalue weighted by Crippen LogP contribution is -2.21. The maximum Gasteiger partial charge on any atom is 0.234 e.